The SMILES string of the molecule is CCOc1ccccc1OCC(=O)NC(C)CCC(=O)O. The van der Waals surface area contributed by atoms with Crippen LogP contribution in [0.25, 0.3) is 0 Å². The van der Waals surface area contributed by atoms with Gasteiger partial charge in [0, 0.05) is 12.5 Å². The number of aliphatic carboxylic acids is 1. The molecule has 0 aliphatic carbocycles. The fourth-order valence-electron chi connectivity index (χ4n) is 1.72. The molecule has 0 bridgehead atoms. The van der Waals surface area contributed by atoms with Crippen LogP contribution < -0.4 is 14.8 Å². The first-order valence-electron chi connectivity index (χ1n) is 6.88. The van der Waals surface area contributed by atoms with Gasteiger partial charge < -0.3 is 19.9 Å². The van der Waals surface area contributed by atoms with Crippen LogP contribution in [0.5, 0.6) is 11.5 Å². The summed E-state index contributed by atoms with van der Waals surface area (Å²) in [6, 6.07) is 6.91. The highest BCUT2D eigenvalue weighted by atomic mass is 16.5. The monoisotopic (exact) mass is 295 g/mol. The van der Waals surface area contributed by atoms with Crippen molar-refractivity contribution in [1.82, 2.24) is 5.32 Å². The molecule has 21 heavy (non-hydrogen) atoms. The molecule has 0 heterocycles. The number of ether oxygens (including phenoxy) is 2. The van der Waals surface area contributed by atoms with Crippen molar-refractivity contribution in [3.63, 3.8) is 0 Å². The van der Waals surface area contributed by atoms with Crippen molar-refractivity contribution in [3.8, 4) is 11.5 Å². The lowest BCUT2D eigenvalue weighted by Gasteiger charge is -2.14. The lowest BCUT2D eigenvalue weighted by Crippen LogP contribution is -2.36. The van der Waals surface area contributed by atoms with Crippen molar-refractivity contribution in [2.45, 2.75) is 32.7 Å². The molecule has 1 amide bonds. The van der Waals surface area contributed by atoms with Crippen LogP contribution in [0.2, 0.25) is 0 Å². The third-order valence-corrected chi connectivity index (χ3v) is 2.71. The Bertz CT molecular complexity index is 475. The summed E-state index contributed by atoms with van der Waals surface area (Å²) >= 11 is 0. The van der Waals surface area contributed by atoms with Crippen molar-refractivity contribution < 1.29 is 24.2 Å². The first kappa shape index (κ1) is 16.8. The quantitative estimate of drug-likeness (QED) is 0.726. The molecule has 1 rings (SSSR count). The largest absolute Gasteiger partial charge is 0.490 e. The van der Waals surface area contributed by atoms with Gasteiger partial charge in [0.05, 0.1) is 6.61 Å². The maximum atomic E-state index is 11.7. The Hall–Kier alpha value is -2.24. The minimum Gasteiger partial charge on any atom is -0.490 e. The van der Waals surface area contributed by atoms with Crippen LogP contribution in [-0.4, -0.2) is 36.2 Å². The normalized spacial score (nSPS) is 11.5. The Morgan fingerprint density at radius 3 is 2.43 bits per heavy atom. The Kier molecular flexibility index (Phi) is 7.08. The first-order valence-corrected chi connectivity index (χ1v) is 6.88. The molecular weight excluding hydrogens is 274 g/mol. The fourth-order valence-corrected chi connectivity index (χ4v) is 1.72. The van der Waals surface area contributed by atoms with Crippen molar-refractivity contribution in [1.29, 1.82) is 0 Å². The van der Waals surface area contributed by atoms with E-state index in [2.05, 4.69) is 5.32 Å². The summed E-state index contributed by atoms with van der Waals surface area (Å²) in [5.74, 6) is -0.0726. The number of carboxylic acid groups (broad SMARTS) is 1. The Morgan fingerprint density at radius 2 is 1.86 bits per heavy atom. The van der Waals surface area contributed by atoms with E-state index >= 15 is 0 Å². The molecule has 0 spiro atoms. The third kappa shape index (κ3) is 6.65. The van der Waals surface area contributed by atoms with Crippen LogP contribution in [0.15, 0.2) is 24.3 Å². The number of hydrogen-bond donors (Lipinski definition) is 2. The Labute approximate surface area is 124 Å². The van der Waals surface area contributed by atoms with Crippen molar-refractivity contribution >= 4 is 11.9 Å². The average Bonchev–Trinajstić information content (AvgIpc) is 2.44. The third-order valence-electron chi connectivity index (χ3n) is 2.71. The van der Waals surface area contributed by atoms with E-state index in [-0.39, 0.29) is 25.0 Å². The van der Waals surface area contributed by atoms with E-state index in [1.165, 1.54) is 0 Å². The molecule has 6 heteroatoms. The van der Waals surface area contributed by atoms with Crippen LogP contribution in [0.1, 0.15) is 26.7 Å². The number of hydrogen-bond acceptors (Lipinski definition) is 4. The number of para-hydroxylation sites is 2. The Balaban J connectivity index is 2.40. The van der Waals surface area contributed by atoms with Gasteiger partial charge in [-0.3, -0.25) is 9.59 Å². The zero-order valence-electron chi connectivity index (χ0n) is 12.3. The molecule has 2 N–H and O–H groups in total. The number of benzene rings is 1. The van der Waals surface area contributed by atoms with Gasteiger partial charge in [0.25, 0.3) is 5.91 Å². The number of carboxylic acids is 1. The van der Waals surface area contributed by atoms with E-state index in [0.717, 1.165) is 0 Å². The van der Waals surface area contributed by atoms with Gasteiger partial charge in [-0.25, -0.2) is 0 Å². The molecule has 0 saturated carbocycles. The molecule has 0 aromatic heterocycles. The molecule has 0 saturated heterocycles. The maximum Gasteiger partial charge on any atom is 0.303 e. The summed E-state index contributed by atoms with van der Waals surface area (Å²) in [6.07, 6.45) is 0.409. The molecule has 0 fully saturated rings. The lowest BCUT2D eigenvalue weighted by atomic mass is 10.2. The van der Waals surface area contributed by atoms with E-state index in [1.54, 1.807) is 25.1 Å². The van der Waals surface area contributed by atoms with Crippen molar-refractivity contribution in [3.05, 3.63) is 24.3 Å². The van der Waals surface area contributed by atoms with Gasteiger partial charge in [0.2, 0.25) is 0 Å². The van der Waals surface area contributed by atoms with Gasteiger partial charge >= 0.3 is 5.97 Å². The van der Waals surface area contributed by atoms with Crippen LogP contribution in [0.4, 0.5) is 0 Å². The van der Waals surface area contributed by atoms with Crippen LogP contribution >= 0.6 is 0 Å². The molecule has 0 radical (unpaired) electrons. The van der Waals surface area contributed by atoms with Crippen LogP contribution in [0, 0.1) is 0 Å². The summed E-state index contributed by atoms with van der Waals surface area (Å²) < 4.78 is 10.8. The summed E-state index contributed by atoms with van der Waals surface area (Å²) in [6.45, 7) is 4.00. The number of rotatable bonds is 9. The highest BCUT2D eigenvalue weighted by Gasteiger charge is 2.11. The minimum absolute atomic E-state index is 0.0233. The van der Waals surface area contributed by atoms with E-state index in [4.69, 9.17) is 14.6 Å². The molecule has 0 aliphatic heterocycles. The molecule has 1 aromatic carbocycles. The van der Waals surface area contributed by atoms with Crippen molar-refractivity contribution in [2.24, 2.45) is 0 Å². The topological polar surface area (TPSA) is 84.9 Å². The zero-order valence-corrected chi connectivity index (χ0v) is 12.3. The summed E-state index contributed by atoms with van der Waals surface area (Å²) in [5.41, 5.74) is 0. The molecule has 116 valence electrons. The number of carbonyl (C=O) groups is 2. The second-order valence-electron chi connectivity index (χ2n) is 4.57. The lowest BCUT2D eigenvalue weighted by molar-refractivity contribution is -0.137. The maximum absolute atomic E-state index is 11.7. The van der Waals surface area contributed by atoms with E-state index in [0.29, 0.717) is 24.5 Å². The summed E-state index contributed by atoms with van der Waals surface area (Å²) in [4.78, 5) is 22.2. The zero-order chi connectivity index (χ0) is 15.7. The molecule has 0 aliphatic rings. The molecule has 1 atom stereocenters. The molecule has 1 aromatic rings. The molecular formula is C15H21NO5. The Morgan fingerprint density at radius 1 is 1.24 bits per heavy atom. The summed E-state index contributed by atoms with van der Waals surface area (Å²) in [7, 11) is 0. The van der Waals surface area contributed by atoms with Gasteiger partial charge in [-0.1, -0.05) is 12.1 Å². The fraction of sp³-hybridized carbons (Fsp3) is 0.467. The van der Waals surface area contributed by atoms with E-state index in [9.17, 15) is 9.59 Å². The molecule has 6 nitrogen and oxygen atoms in total. The van der Waals surface area contributed by atoms with Gasteiger partial charge in [-0.2, -0.15) is 0 Å². The highest BCUT2D eigenvalue weighted by Crippen LogP contribution is 2.26. The van der Waals surface area contributed by atoms with E-state index < -0.39 is 5.97 Å². The smallest absolute Gasteiger partial charge is 0.303 e. The number of carbonyl (C=O) groups excluding carboxylic acids is 1. The molecule has 1 unspecified atom stereocenters. The second kappa shape index (κ2) is 8.84. The van der Waals surface area contributed by atoms with Gasteiger partial charge in [-0.15, -0.1) is 0 Å². The highest BCUT2D eigenvalue weighted by molar-refractivity contribution is 5.78. The van der Waals surface area contributed by atoms with Gasteiger partial charge in [0.15, 0.2) is 18.1 Å². The number of nitrogens with one attached hydrogen (secondary N) is 1. The first-order chi connectivity index (χ1) is 10.0. The average molecular weight is 295 g/mol. The number of amides is 1. The van der Waals surface area contributed by atoms with Gasteiger partial charge in [0.1, 0.15) is 0 Å². The predicted molar refractivity (Wildman–Crippen MR) is 77.6 cm³/mol. The van der Waals surface area contributed by atoms with E-state index in [1.807, 2.05) is 13.0 Å². The summed E-state index contributed by atoms with van der Waals surface area (Å²) in [5, 5.41) is 11.3. The van der Waals surface area contributed by atoms with Crippen LogP contribution in [-0.2, 0) is 9.59 Å². The van der Waals surface area contributed by atoms with Crippen molar-refractivity contribution in [2.75, 3.05) is 13.2 Å². The van der Waals surface area contributed by atoms with Gasteiger partial charge in [-0.05, 0) is 32.4 Å². The standard InChI is InChI=1S/C15H21NO5/c1-3-20-12-6-4-5-7-13(12)21-10-14(17)16-11(2)8-9-15(18)19/h4-7,11H,3,8-10H2,1-2H3,(H,16,17)(H,18,19). The van der Waals surface area contributed by atoms with Crippen LogP contribution in [0.3, 0.4) is 0 Å². The second-order valence-corrected chi connectivity index (χ2v) is 4.57. The minimum atomic E-state index is -0.877. The predicted octanol–water partition coefficient (Wildman–Crippen LogP) is 1.83.